The van der Waals surface area contributed by atoms with Crippen LogP contribution < -0.4 is 16.0 Å². The third kappa shape index (κ3) is 3.60. The lowest BCUT2D eigenvalue weighted by Crippen LogP contribution is -2.32. The van der Waals surface area contributed by atoms with Gasteiger partial charge in [0.1, 0.15) is 12.4 Å². The van der Waals surface area contributed by atoms with E-state index in [2.05, 4.69) is 20.9 Å². The van der Waals surface area contributed by atoms with Crippen molar-refractivity contribution in [1.29, 1.82) is 0 Å². The van der Waals surface area contributed by atoms with Crippen molar-refractivity contribution in [3.8, 4) is 5.75 Å². The molecule has 1 aromatic heterocycles. The molecular formula is C14H15BrN2O3. The van der Waals surface area contributed by atoms with Crippen LogP contribution in [0.1, 0.15) is 12.5 Å². The maximum absolute atomic E-state index is 11.6. The van der Waals surface area contributed by atoms with Gasteiger partial charge in [-0.05, 0) is 30.7 Å². The van der Waals surface area contributed by atoms with Gasteiger partial charge < -0.3 is 4.74 Å². The number of nitrogens with zero attached hydrogens (tertiary/aromatic N) is 1. The molecule has 0 radical (unpaired) electrons. The smallest absolute Gasteiger partial charge is 0.328 e. The number of H-pyrrole nitrogens is 1. The van der Waals surface area contributed by atoms with E-state index in [1.165, 1.54) is 4.57 Å². The normalized spacial score (nSPS) is 10.5. The summed E-state index contributed by atoms with van der Waals surface area (Å²) in [5.74, 6) is 0.737. The first-order chi connectivity index (χ1) is 9.60. The fourth-order valence-corrected chi connectivity index (χ4v) is 2.03. The molecule has 0 bridgehead atoms. The molecule has 0 aliphatic heterocycles. The van der Waals surface area contributed by atoms with E-state index >= 15 is 0 Å². The Morgan fingerprint density at radius 3 is 2.60 bits per heavy atom. The summed E-state index contributed by atoms with van der Waals surface area (Å²) >= 11 is 3.35. The highest BCUT2D eigenvalue weighted by Gasteiger charge is 2.03. The van der Waals surface area contributed by atoms with Crippen LogP contribution in [-0.4, -0.2) is 16.2 Å². The van der Waals surface area contributed by atoms with Crippen LogP contribution in [0.4, 0.5) is 0 Å². The number of hydrogen-bond acceptors (Lipinski definition) is 3. The largest absolute Gasteiger partial charge is 0.492 e. The highest BCUT2D eigenvalue weighted by atomic mass is 79.9. The van der Waals surface area contributed by atoms with E-state index in [1.54, 1.807) is 6.20 Å². The Bertz CT molecular complexity index is 689. The van der Waals surface area contributed by atoms with Crippen molar-refractivity contribution in [3.63, 3.8) is 0 Å². The molecule has 106 valence electrons. The van der Waals surface area contributed by atoms with E-state index in [4.69, 9.17) is 4.74 Å². The Morgan fingerprint density at radius 1 is 1.25 bits per heavy atom. The quantitative estimate of drug-likeness (QED) is 0.906. The van der Waals surface area contributed by atoms with Gasteiger partial charge >= 0.3 is 5.69 Å². The van der Waals surface area contributed by atoms with E-state index in [9.17, 15) is 9.59 Å². The fraction of sp³-hybridized carbons (Fsp3) is 0.286. The van der Waals surface area contributed by atoms with Crippen molar-refractivity contribution >= 4 is 15.9 Å². The molecule has 2 rings (SSSR count). The third-order valence-corrected chi connectivity index (χ3v) is 3.41. The summed E-state index contributed by atoms with van der Waals surface area (Å²) in [6, 6.07) is 7.46. The molecule has 0 amide bonds. The Hall–Kier alpha value is -1.82. The molecule has 0 saturated carbocycles. The van der Waals surface area contributed by atoms with Crippen LogP contribution in [0.25, 0.3) is 0 Å². The molecule has 0 aliphatic rings. The van der Waals surface area contributed by atoms with Crippen molar-refractivity contribution in [2.75, 3.05) is 6.61 Å². The summed E-state index contributed by atoms with van der Waals surface area (Å²) in [5.41, 5.74) is -0.137. The SMILES string of the molecule is CCc1cn(CCOc2ccc(Br)cc2)c(=O)[nH]c1=O. The molecule has 1 aromatic carbocycles. The van der Waals surface area contributed by atoms with Gasteiger partial charge in [-0.2, -0.15) is 0 Å². The summed E-state index contributed by atoms with van der Waals surface area (Å²) in [6.45, 7) is 2.62. The second-order valence-corrected chi connectivity index (χ2v) is 5.18. The van der Waals surface area contributed by atoms with Crippen LogP contribution in [0.3, 0.4) is 0 Å². The molecule has 1 heterocycles. The molecule has 0 atom stereocenters. The number of hydrogen-bond donors (Lipinski definition) is 1. The van der Waals surface area contributed by atoms with Crippen LogP contribution in [0.5, 0.6) is 5.75 Å². The van der Waals surface area contributed by atoms with Crippen molar-refractivity contribution in [3.05, 3.63) is 61.3 Å². The first-order valence-electron chi connectivity index (χ1n) is 6.31. The van der Waals surface area contributed by atoms with Crippen molar-refractivity contribution < 1.29 is 4.74 Å². The molecule has 1 N–H and O–H groups in total. The van der Waals surface area contributed by atoms with Gasteiger partial charge in [-0.15, -0.1) is 0 Å². The average Bonchev–Trinajstić information content (AvgIpc) is 2.43. The van der Waals surface area contributed by atoms with Gasteiger partial charge in [0.25, 0.3) is 5.56 Å². The Labute approximate surface area is 124 Å². The maximum Gasteiger partial charge on any atom is 0.328 e. The lowest BCUT2D eigenvalue weighted by molar-refractivity contribution is 0.295. The zero-order valence-corrected chi connectivity index (χ0v) is 12.6. The minimum Gasteiger partial charge on any atom is -0.492 e. The van der Waals surface area contributed by atoms with Crippen molar-refractivity contribution in [2.45, 2.75) is 19.9 Å². The van der Waals surface area contributed by atoms with Crippen LogP contribution in [-0.2, 0) is 13.0 Å². The molecule has 0 saturated heterocycles. The number of benzene rings is 1. The first kappa shape index (κ1) is 14.6. The number of aromatic amines is 1. The maximum atomic E-state index is 11.6. The topological polar surface area (TPSA) is 64.1 Å². The molecule has 20 heavy (non-hydrogen) atoms. The van der Waals surface area contributed by atoms with Gasteiger partial charge in [0.05, 0.1) is 6.54 Å². The van der Waals surface area contributed by atoms with E-state index in [0.29, 0.717) is 25.1 Å². The lowest BCUT2D eigenvalue weighted by Gasteiger charge is -2.09. The molecule has 0 unspecified atom stereocenters. The van der Waals surface area contributed by atoms with Gasteiger partial charge in [0, 0.05) is 16.2 Å². The Kier molecular flexibility index (Phi) is 4.79. The number of ether oxygens (including phenoxy) is 1. The molecule has 6 heteroatoms. The van der Waals surface area contributed by atoms with Gasteiger partial charge in [-0.3, -0.25) is 14.3 Å². The number of aryl methyl sites for hydroxylation is 1. The summed E-state index contributed by atoms with van der Waals surface area (Å²) in [6.07, 6.45) is 2.18. The second-order valence-electron chi connectivity index (χ2n) is 4.26. The minimum atomic E-state index is -0.411. The number of aromatic nitrogens is 2. The predicted molar refractivity (Wildman–Crippen MR) is 80.3 cm³/mol. The fourth-order valence-electron chi connectivity index (χ4n) is 1.77. The molecule has 0 fully saturated rings. The monoisotopic (exact) mass is 338 g/mol. The molecule has 2 aromatic rings. The van der Waals surface area contributed by atoms with E-state index in [1.807, 2.05) is 31.2 Å². The number of nitrogens with one attached hydrogen (secondary N) is 1. The van der Waals surface area contributed by atoms with E-state index in [-0.39, 0.29) is 5.56 Å². The number of rotatable bonds is 5. The highest BCUT2D eigenvalue weighted by Crippen LogP contribution is 2.15. The molecular weight excluding hydrogens is 324 g/mol. The molecule has 5 nitrogen and oxygen atoms in total. The third-order valence-electron chi connectivity index (χ3n) is 2.88. The highest BCUT2D eigenvalue weighted by molar-refractivity contribution is 9.10. The van der Waals surface area contributed by atoms with Crippen LogP contribution in [0.2, 0.25) is 0 Å². The van der Waals surface area contributed by atoms with E-state index in [0.717, 1.165) is 10.2 Å². The first-order valence-corrected chi connectivity index (χ1v) is 7.10. The summed E-state index contributed by atoms with van der Waals surface area (Å²) in [5, 5.41) is 0. The predicted octanol–water partition coefficient (Wildman–Crippen LogP) is 1.94. The average molecular weight is 339 g/mol. The summed E-state index contributed by atoms with van der Waals surface area (Å²) in [4.78, 5) is 25.4. The lowest BCUT2D eigenvalue weighted by atomic mass is 10.3. The zero-order valence-electron chi connectivity index (χ0n) is 11.1. The van der Waals surface area contributed by atoms with Gasteiger partial charge in [0.15, 0.2) is 0 Å². The van der Waals surface area contributed by atoms with Crippen LogP contribution in [0.15, 0.2) is 44.5 Å². The van der Waals surface area contributed by atoms with E-state index < -0.39 is 5.69 Å². The number of halogens is 1. The molecule has 0 aliphatic carbocycles. The Morgan fingerprint density at radius 2 is 1.95 bits per heavy atom. The van der Waals surface area contributed by atoms with Crippen molar-refractivity contribution in [1.82, 2.24) is 9.55 Å². The summed E-state index contributed by atoms with van der Waals surface area (Å²) < 4.78 is 7.99. The molecule has 0 spiro atoms. The van der Waals surface area contributed by atoms with Crippen LogP contribution >= 0.6 is 15.9 Å². The van der Waals surface area contributed by atoms with Gasteiger partial charge in [0.2, 0.25) is 0 Å². The standard InChI is InChI=1S/C14H15BrN2O3/c1-2-10-9-17(14(19)16-13(10)18)7-8-20-12-5-3-11(15)4-6-12/h3-6,9H,2,7-8H2,1H3,(H,16,18,19). The van der Waals surface area contributed by atoms with Gasteiger partial charge in [-0.25, -0.2) is 4.79 Å². The summed E-state index contributed by atoms with van der Waals surface area (Å²) in [7, 11) is 0. The Balaban J connectivity index is 2.02. The minimum absolute atomic E-state index is 0.317. The second kappa shape index (κ2) is 6.56. The van der Waals surface area contributed by atoms with Gasteiger partial charge in [-0.1, -0.05) is 22.9 Å². The van der Waals surface area contributed by atoms with Crippen molar-refractivity contribution in [2.24, 2.45) is 0 Å². The van der Waals surface area contributed by atoms with Crippen LogP contribution in [0, 0.1) is 0 Å². The zero-order chi connectivity index (χ0) is 14.5.